The minimum Gasteiger partial charge on any atom is -0.344 e. The van der Waals surface area contributed by atoms with Crippen LogP contribution in [0.4, 0.5) is 4.39 Å². The van der Waals surface area contributed by atoms with Crippen molar-refractivity contribution < 1.29 is 9.18 Å². The molecule has 0 aliphatic rings. The van der Waals surface area contributed by atoms with Gasteiger partial charge < -0.3 is 10.6 Å². The van der Waals surface area contributed by atoms with Gasteiger partial charge in [-0.2, -0.15) is 0 Å². The molecule has 0 spiro atoms. The summed E-state index contributed by atoms with van der Waals surface area (Å²) in [5, 5.41) is 0. The van der Waals surface area contributed by atoms with Crippen LogP contribution >= 0.6 is 0 Å². The molecule has 1 aromatic carbocycles. The van der Waals surface area contributed by atoms with E-state index in [1.165, 1.54) is 12.1 Å². The number of amides is 1. The molecule has 0 fully saturated rings. The van der Waals surface area contributed by atoms with Gasteiger partial charge in [0.25, 0.3) is 0 Å². The van der Waals surface area contributed by atoms with Gasteiger partial charge in [0, 0.05) is 13.6 Å². The summed E-state index contributed by atoms with van der Waals surface area (Å²) < 4.78 is 12.8. The predicted molar refractivity (Wildman–Crippen MR) is 75.2 cm³/mol. The second-order valence-corrected chi connectivity index (χ2v) is 5.37. The van der Waals surface area contributed by atoms with Crippen LogP contribution in [0.1, 0.15) is 25.8 Å². The Hall–Kier alpha value is -1.42. The van der Waals surface area contributed by atoms with E-state index in [0.717, 1.165) is 5.56 Å². The zero-order valence-corrected chi connectivity index (χ0v) is 11.9. The smallest absolute Gasteiger partial charge is 0.239 e. The van der Waals surface area contributed by atoms with Crippen LogP contribution in [0.5, 0.6) is 0 Å². The summed E-state index contributed by atoms with van der Waals surface area (Å²) in [5.74, 6) is 0.132. The maximum atomic E-state index is 12.8. The molecule has 0 heterocycles. The SMILES string of the molecule is CC(C)CC(N)C(=O)N(C)CCc1ccc(F)cc1. The zero-order valence-electron chi connectivity index (χ0n) is 11.9. The van der Waals surface area contributed by atoms with E-state index in [9.17, 15) is 9.18 Å². The van der Waals surface area contributed by atoms with Gasteiger partial charge in [0.15, 0.2) is 0 Å². The number of carbonyl (C=O) groups excluding carboxylic acids is 1. The third-order valence-corrected chi connectivity index (χ3v) is 3.07. The van der Waals surface area contributed by atoms with Gasteiger partial charge in [-0.25, -0.2) is 4.39 Å². The van der Waals surface area contributed by atoms with Crippen molar-refractivity contribution in [2.45, 2.75) is 32.7 Å². The van der Waals surface area contributed by atoms with Crippen LogP contribution in [0.3, 0.4) is 0 Å². The Morgan fingerprint density at radius 2 is 1.89 bits per heavy atom. The van der Waals surface area contributed by atoms with Crippen LogP contribution in [0.15, 0.2) is 24.3 Å². The average Bonchev–Trinajstić information content (AvgIpc) is 2.36. The number of hydrogen-bond acceptors (Lipinski definition) is 2. The number of nitrogens with two attached hydrogens (primary N) is 1. The second-order valence-electron chi connectivity index (χ2n) is 5.37. The molecular weight excluding hydrogens is 243 g/mol. The first-order valence-electron chi connectivity index (χ1n) is 6.65. The minimum atomic E-state index is -0.432. The van der Waals surface area contributed by atoms with E-state index in [-0.39, 0.29) is 11.7 Å². The lowest BCUT2D eigenvalue weighted by molar-refractivity contribution is -0.131. The quantitative estimate of drug-likeness (QED) is 0.858. The number of hydrogen-bond donors (Lipinski definition) is 1. The molecule has 0 aromatic heterocycles. The second kappa shape index (κ2) is 7.24. The van der Waals surface area contributed by atoms with Crippen LogP contribution in [0.2, 0.25) is 0 Å². The van der Waals surface area contributed by atoms with Crippen molar-refractivity contribution in [3.05, 3.63) is 35.6 Å². The maximum Gasteiger partial charge on any atom is 0.239 e. The van der Waals surface area contributed by atoms with Gasteiger partial charge in [-0.1, -0.05) is 26.0 Å². The van der Waals surface area contributed by atoms with Crippen molar-refractivity contribution in [1.82, 2.24) is 4.90 Å². The van der Waals surface area contributed by atoms with Crippen molar-refractivity contribution >= 4 is 5.91 Å². The fourth-order valence-corrected chi connectivity index (χ4v) is 1.95. The van der Waals surface area contributed by atoms with E-state index < -0.39 is 6.04 Å². The van der Waals surface area contributed by atoms with Gasteiger partial charge in [0.2, 0.25) is 5.91 Å². The minimum absolute atomic E-state index is 0.0317. The molecule has 19 heavy (non-hydrogen) atoms. The standard InChI is InChI=1S/C15H23FN2O/c1-11(2)10-14(17)15(19)18(3)9-8-12-4-6-13(16)7-5-12/h4-7,11,14H,8-10,17H2,1-3H3. The van der Waals surface area contributed by atoms with E-state index in [1.807, 2.05) is 13.8 Å². The summed E-state index contributed by atoms with van der Waals surface area (Å²) in [6.07, 6.45) is 1.40. The first kappa shape index (κ1) is 15.6. The Morgan fingerprint density at radius 3 is 2.42 bits per heavy atom. The summed E-state index contributed by atoms with van der Waals surface area (Å²) in [5.41, 5.74) is 6.88. The first-order chi connectivity index (χ1) is 8.90. The van der Waals surface area contributed by atoms with Crippen molar-refractivity contribution in [3.63, 3.8) is 0 Å². The van der Waals surface area contributed by atoms with Gasteiger partial charge in [-0.05, 0) is 36.5 Å². The molecule has 1 rings (SSSR count). The summed E-state index contributed by atoms with van der Waals surface area (Å²) in [6, 6.07) is 5.91. The lowest BCUT2D eigenvalue weighted by Crippen LogP contribution is -2.43. The van der Waals surface area contributed by atoms with Gasteiger partial charge in [-0.15, -0.1) is 0 Å². The monoisotopic (exact) mass is 266 g/mol. The molecule has 1 unspecified atom stereocenters. The molecule has 0 aliphatic carbocycles. The highest BCUT2D eigenvalue weighted by Gasteiger charge is 2.18. The third kappa shape index (κ3) is 5.39. The fraction of sp³-hybridized carbons (Fsp3) is 0.533. The summed E-state index contributed by atoms with van der Waals surface area (Å²) in [6.45, 7) is 4.69. The molecular formula is C15H23FN2O. The van der Waals surface area contributed by atoms with Crippen molar-refractivity contribution in [2.24, 2.45) is 11.7 Å². The molecule has 4 heteroatoms. The largest absolute Gasteiger partial charge is 0.344 e. The van der Waals surface area contributed by atoms with E-state index in [1.54, 1.807) is 24.1 Å². The van der Waals surface area contributed by atoms with Crippen LogP contribution in [0.25, 0.3) is 0 Å². The predicted octanol–water partition coefficient (Wildman–Crippen LogP) is 2.20. The summed E-state index contributed by atoms with van der Waals surface area (Å²) >= 11 is 0. The molecule has 0 aliphatic heterocycles. The van der Waals surface area contributed by atoms with Crippen LogP contribution in [-0.4, -0.2) is 30.4 Å². The van der Waals surface area contributed by atoms with E-state index in [2.05, 4.69) is 0 Å². The Bertz CT molecular complexity index is 403. The van der Waals surface area contributed by atoms with E-state index in [0.29, 0.717) is 25.3 Å². The van der Waals surface area contributed by atoms with Crippen molar-refractivity contribution in [2.75, 3.05) is 13.6 Å². The highest BCUT2D eigenvalue weighted by Crippen LogP contribution is 2.07. The summed E-state index contributed by atoms with van der Waals surface area (Å²) in [4.78, 5) is 13.6. The molecule has 1 amide bonds. The molecule has 0 bridgehead atoms. The first-order valence-corrected chi connectivity index (χ1v) is 6.65. The normalized spacial score (nSPS) is 12.5. The van der Waals surface area contributed by atoms with Crippen LogP contribution in [-0.2, 0) is 11.2 Å². The van der Waals surface area contributed by atoms with Crippen LogP contribution < -0.4 is 5.73 Å². The number of likely N-dealkylation sites (N-methyl/N-ethyl adjacent to an activating group) is 1. The van der Waals surface area contributed by atoms with Gasteiger partial charge in [0.1, 0.15) is 5.82 Å². The van der Waals surface area contributed by atoms with E-state index >= 15 is 0 Å². The highest BCUT2D eigenvalue weighted by molar-refractivity contribution is 5.81. The lowest BCUT2D eigenvalue weighted by atomic mass is 10.0. The highest BCUT2D eigenvalue weighted by atomic mass is 19.1. The molecule has 2 N–H and O–H groups in total. The molecule has 3 nitrogen and oxygen atoms in total. The number of nitrogens with zero attached hydrogens (tertiary/aromatic N) is 1. The number of rotatable bonds is 6. The number of benzene rings is 1. The third-order valence-electron chi connectivity index (χ3n) is 3.07. The Balaban J connectivity index is 2.44. The Labute approximate surface area is 114 Å². The fourth-order valence-electron chi connectivity index (χ4n) is 1.95. The van der Waals surface area contributed by atoms with Gasteiger partial charge >= 0.3 is 0 Å². The van der Waals surface area contributed by atoms with E-state index in [4.69, 9.17) is 5.73 Å². The molecule has 1 aromatic rings. The number of halogens is 1. The topological polar surface area (TPSA) is 46.3 Å². The zero-order chi connectivity index (χ0) is 14.4. The molecule has 1 atom stereocenters. The molecule has 0 saturated heterocycles. The van der Waals surface area contributed by atoms with Crippen molar-refractivity contribution in [3.8, 4) is 0 Å². The molecule has 0 saturated carbocycles. The Kier molecular flexibility index (Phi) is 5.96. The maximum absolute atomic E-state index is 12.8. The average molecular weight is 266 g/mol. The van der Waals surface area contributed by atoms with Gasteiger partial charge in [-0.3, -0.25) is 4.79 Å². The van der Waals surface area contributed by atoms with Crippen molar-refractivity contribution in [1.29, 1.82) is 0 Å². The number of carbonyl (C=O) groups is 1. The van der Waals surface area contributed by atoms with Crippen LogP contribution in [0, 0.1) is 11.7 Å². The molecule has 0 radical (unpaired) electrons. The Morgan fingerprint density at radius 1 is 1.32 bits per heavy atom. The molecule has 106 valence electrons. The lowest BCUT2D eigenvalue weighted by Gasteiger charge is -2.22. The van der Waals surface area contributed by atoms with Gasteiger partial charge in [0.05, 0.1) is 6.04 Å². The summed E-state index contributed by atoms with van der Waals surface area (Å²) in [7, 11) is 1.76.